The van der Waals surface area contributed by atoms with Gasteiger partial charge in [0.25, 0.3) is 10.0 Å². The van der Waals surface area contributed by atoms with Crippen molar-refractivity contribution in [3.63, 3.8) is 0 Å². The molecule has 27 heavy (non-hydrogen) atoms. The van der Waals surface area contributed by atoms with Gasteiger partial charge in [-0.2, -0.15) is 0 Å². The van der Waals surface area contributed by atoms with Crippen LogP contribution in [0.15, 0.2) is 83.8 Å². The Morgan fingerprint density at radius 1 is 0.889 bits per heavy atom. The Morgan fingerprint density at radius 2 is 1.56 bits per heavy atom. The molecule has 4 aromatic rings. The summed E-state index contributed by atoms with van der Waals surface area (Å²) in [5, 5.41) is 0.852. The highest BCUT2D eigenvalue weighted by Crippen LogP contribution is 2.27. The van der Waals surface area contributed by atoms with E-state index in [2.05, 4.69) is 0 Å². The van der Waals surface area contributed by atoms with Crippen LogP contribution in [0.1, 0.15) is 16.8 Å². The lowest BCUT2D eigenvalue weighted by molar-refractivity contribution is 0.587. The van der Waals surface area contributed by atoms with Gasteiger partial charge in [0.05, 0.1) is 10.4 Å². The van der Waals surface area contributed by atoms with E-state index in [1.54, 1.807) is 42.5 Å². The number of fused-ring (bicyclic) bond motifs is 1. The van der Waals surface area contributed by atoms with Crippen LogP contribution in [-0.4, -0.2) is 12.4 Å². The van der Waals surface area contributed by atoms with Gasteiger partial charge in [-0.05, 0) is 48.9 Å². The lowest BCUT2D eigenvalue weighted by atomic mass is 10.1. The van der Waals surface area contributed by atoms with E-state index in [4.69, 9.17) is 0 Å². The second-order valence-electron chi connectivity index (χ2n) is 6.58. The summed E-state index contributed by atoms with van der Waals surface area (Å²) in [5.41, 5.74) is 3.12. The van der Waals surface area contributed by atoms with E-state index < -0.39 is 10.0 Å². The molecule has 0 N–H and O–H groups in total. The number of aryl methyl sites for hydroxylation is 1. The Hall–Kier alpha value is -2.92. The smallest absolute Gasteiger partial charge is 0.238 e. The van der Waals surface area contributed by atoms with E-state index in [0.717, 1.165) is 16.5 Å². The molecule has 0 aliphatic rings. The fraction of sp³-hybridized carbons (Fsp3) is 0.0909. The van der Waals surface area contributed by atoms with Gasteiger partial charge in [0, 0.05) is 17.5 Å². The minimum atomic E-state index is -3.76. The van der Waals surface area contributed by atoms with E-state index in [0.29, 0.717) is 17.6 Å². The van der Waals surface area contributed by atoms with E-state index in [1.165, 1.54) is 16.1 Å². The quantitative estimate of drug-likeness (QED) is 0.505. The van der Waals surface area contributed by atoms with Gasteiger partial charge in [0.15, 0.2) is 0 Å². The molecule has 136 valence electrons. The predicted molar refractivity (Wildman–Crippen MR) is 105 cm³/mol. The van der Waals surface area contributed by atoms with Crippen LogP contribution in [-0.2, 0) is 16.4 Å². The molecule has 0 fully saturated rings. The molecule has 0 saturated carbocycles. The molecule has 0 amide bonds. The fourth-order valence-electron chi connectivity index (χ4n) is 3.22. The van der Waals surface area contributed by atoms with Crippen molar-refractivity contribution in [2.45, 2.75) is 18.2 Å². The zero-order chi connectivity index (χ0) is 19.0. The van der Waals surface area contributed by atoms with Crippen LogP contribution in [0.2, 0.25) is 0 Å². The van der Waals surface area contributed by atoms with E-state index >= 15 is 0 Å². The molecular formula is C22H18FNO2S. The summed E-state index contributed by atoms with van der Waals surface area (Å²) < 4.78 is 41.4. The maximum atomic E-state index is 13.4. The third-order valence-electron chi connectivity index (χ3n) is 4.60. The molecule has 0 spiro atoms. The number of halogens is 1. The van der Waals surface area contributed by atoms with Crippen LogP contribution in [0.3, 0.4) is 0 Å². The minimum Gasteiger partial charge on any atom is -0.238 e. The van der Waals surface area contributed by atoms with Crippen molar-refractivity contribution in [1.29, 1.82) is 0 Å². The SMILES string of the molecule is Cc1ccc(S(=O)(=O)n2c(Cc3ccc(F)cc3)cc3ccccc32)cc1. The minimum absolute atomic E-state index is 0.245. The average molecular weight is 379 g/mol. The third-order valence-corrected chi connectivity index (χ3v) is 6.38. The molecule has 0 unspecified atom stereocenters. The van der Waals surface area contributed by atoms with Crippen LogP contribution in [0.4, 0.5) is 4.39 Å². The Labute approximate surface area is 157 Å². The predicted octanol–water partition coefficient (Wildman–Crippen LogP) is 4.92. The average Bonchev–Trinajstić information content (AvgIpc) is 3.02. The van der Waals surface area contributed by atoms with Crippen molar-refractivity contribution in [2.24, 2.45) is 0 Å². The monoisotopic (exact) mass is 379 g/mol. The van der Waals surface area contributed by atoms with Gasteiger partial charge in [0.2, 0.25) is 0 Å². The number of benzene rings is 3. The van der Waals surface area contributed by atoms with Crippen LogP contribution in [0.5, 0.6) is 0 Å². The topological polar surface area (TPSA) is 39.1 Å². The van der Waals surface area contributed by atoms with Crippen LogP contribution < -0.4 is 0 Å². The first-order chi connectivity index (χ1) is 12.9. The first-order valence-corrected chi connectivity index (χ1v) is 10.1. The third kappa shape index (κ3) is 3.26. The van der Waals surface area contributed by atoms with Gasteiger partial charge < -0.3 is 0 Å². The van der Waals surface area contributed by atoms with Crippen molar-refractivity contribution in [3.05, 3.63) is 102 Å². The molecular weight excluding hydrogens is 361 g/mol. The number of nitrogens with zero attached hydrogens (tertiary/aromatic N) is 1. The van der Waals surface area contributed by atoms with Gasteiger partial charge in [0.1, 0.15) is 5.82 Å². The summed E-state index contributed by atoms with van der Waals surface area (Å²) in [6, 6.07) is 22.2. The summed E-state index contributed by atoms with van der Waals surface area (Å²) in [7, 11) is -3.76. The van der Waals surface area contributed by atoms with Gasteiger partial charge in [-0.15, -0.1) is 0 Å². The summed E-state index contributed by atoms with van der Waals surface area (Å²) in [5.74, 6) is -0.313. The zero-order valence-electron chi connectivity index (χ0n) is 14.8. The number of rotatable bonds is 4. The van der Waals surface area contributed by atoms with Gasteiger partial charge in [-0.25, -0.2) is 16.8 Å². The lowest BCUT2D eigenvalue weighted by Gasteiger charge is -2.12. The highest BCUT2D eigenvalue weighted by molar-refractivity contribution is 7.90. The van der Waals surface area contributed by atoms with Crippen LogP contribution in [0, 0.1) is 12.7 Å². The van der Waals surface area contributed by atoms with Crippen molar-refractivity contribution < 1.29 is 12.8 Å². The fourth-order valence-corrected chi connectivity index (χ4v) is 4.76. The summed E-state index contributed by atoms with van der Waals surface area (Å²) in [6.07, 6.45) is 0.389. The maximum absolute atomic E-state index is 13.4. The first kappa shape index (κ1) is 17.5. The van der Waals surface area contributed by atoms with E-state index in [9.17, 15) is 12.8 Å². The van der Waals surface area contributed by atoms with E-state index in [-0.39, 0.29) is 10.7 Å². The van der Waals surface area contributed by atoms with Gasteiger partial charge in [-0.1, -0.05) is 48.0 Å². The first-order valence-electron chi connectivity index (χ1n) is 8.61. The molecule has 4 rings (SSSR count). The maximum Gasteiger partial charge on any atom is 0.268 e. The van der Waals surface area contributed by atoms with Gasteiger partial charge >= 0.3 is 0 Å². The van der Waals surface area contributed by atoms with Crippen LogP contribution >= 0.6 is 0 Å². The molecule has 1 aromatic heterocycles. The normalized spacial score (nSPS) is 11.8. The molecule has 3 nitrogen and oxygen atoms in total. The molecule has 0 aliphatic heterocycles. The standard InChI is InChI=1S/C22H18FNO2S/c1-16-6-12-21(13-7-16)27(25,26)24-20(14-17-8-10-19(23)11-9-17)15-18-4-2-3-5-22(18)24/h2-13,15H,14H2,1H3. The number of aromatic nitrogens is 1. The summed E-state index contributed by atoms with van der Waals surface area (Å²) >= 11 is 0. The number of hydrogen-bond donors (Lipinski definition) is 0. The summed E-state index contributed by atoms with van der Waals surface area (Å²) in [4.78, 5) is 0.245. The lowest BCUT2D eigenvalue weighted by Crippen LogP contribution is -2.16. The largest absolute Gasteiger partial charge is 0.268 e. The second kappa shape index (κ2) is 6.67. The Bertz CT molecular complexity index is 1210. The van der Waals surface area contributed by atoms with E-state index in [1.807, 2.05) is 31.2 Å². The van der Waals surface area contributed by atoms with Crippen molar-refractivity contribution in [1.82, 2.24) is 3.97 Å². The Balaban J connectivity index is 1.90. The molecule has 0 aliphatic carbocycles. The summed E-state index contributed by atoms with van der Waals surface area (Å²) in [6.45, 7) is 1.92. The zero-order valence-corrected chi connectivity index (χ0v) is 15.6. The molecule has 0 saturated heterocycles. The highest BCUT2D eigenvalue weighted by Gasteiger charge is 2.23. The Morgan fingerprint density at radius 3 is 2.26 bits per heavy atom. The van der Waals surface area contributed by atoms with Crippen molar-refractivity contribution >= 4 is 20.9 Å². The molecule has 0 atom stereocenters. The van der Waals surface area contributed by atoms with Gasteiger partial charge in [-0.3, -0.25) is 0 Å². The van der Waals surface area contributed by atoms with Crippen LogP contribution in [0.25, 0.3) is 10.9 Å². The number of hydrogen-bond acceptors (Lipinski definition) is 2. The molecule has 1 heterocycles. The molecule has 0 bridgehead atoms. The Kier molecular flexibility index (Phi) is 4.32. The number of para-hydroxylation sites is 1. The van der Waals surface area contributed by atoms with Crippen molar-refractivity contribution in [3.8, 4) is 0 Å². The second-order valence-corrected chi connectivity index (χ2v) is 8.37. The highest BCUT2D eigenvalue weighted by atomic mass is 32.2. The molecule has 0 radical (unpaired) electrons. The molecule has 5 heteroatoms. The molecule has 3 aromatic carbocycles. The van der Waals surface area contributed by atoms with Crippen molar-refractivity contribution in [2.75, 3.05) is 0 Å².